The molecule has 0 bridgehead atoms. The smallest absolute Gasteiger partial charge is 0.326 e. The van der Waals surface area contributed by atoms with Gasteiger partial charge in [0.15, 0.2) is 0 Å². The van der Waals surface area contributed by atoms with Crippen LogP contribution in [0.2, 0.25) is 0 Å². The van der Waals surface area contributed by atoms with Crippen LogP contribution in [0.5, 0.6) is 0 Å². The van der Waals surface area contributed by atoms with E-state index in [1.165, 1.54) is 0 Å². The molecule has 0 aliphatic heterocycles. The number of aromatic nitrogens is 2. The van der Waals surface area contributed by atoms with Crippen molar-refractivity contribution in [3.05, 3.63) is 18.5 Å². The Labute approximate surface area is 112 Å². The molecule has 1 aromatic heterocycles. The molecule has 6 heteroatoms. The fourth-order valence-electron chi connectivity index (χ4n) is 1.79. The minimum atomic E-state index is -0.978. The van der Waals surface area contributed by atoms with Crippen LogP contribution in [0.4, 0.5) is 0 Å². The van der Waals surface area contributed by atoms with E-state index in [-0.39, 0.29) is 11.8 Å². The Morgan fingerprint density at radius 3 is 2.68 bits per heavy atom. The minimum Gasteiger partial charge on any atom is -0.480 e. The molecule has 0 saturated heterocycles. The van der Waals surface area contributed by atoms with Gasteiger partial charge in [0.1, 0.15) is 6.04 Å². The van der Waals surface area contributed by atoms with E-state index in [1.807, 2.05) is 26.1 Å². The van der Waals surface area contributed by atoms with Gasteiger partial charge in [-0.05, 0) is 24.8 Å². The second-order valence-electron chi connectivity index (χ2n) is 4.96. The average Bonchev–Trinajstić information content (AvgIpc) is 2.80. The van der Waals surface area contributed by atoms with Crippen LogP contribution in [0.1, 0.15) is 33.1 Å². The summed E-state index contributed by atoms with van der Waals surface area (Å²) in [6.07, 6.45) is 4.91. The van der Waals surface area contributed by atoms with Crippen LogP contribution < -0.4 is 5.32 Å². The topological polar surface area (TPSA) is 84.2 Å². The van der Waals surface area contributed by atoms with Crippen LogP contribution in [-0.2, 0) is 16.1 Å². The summed E-state index contributed by atoms with van der Waals surface area (Å²) in [4.78, 5) is 22.7. The third-order valence-electron chi connectivity index (χ3n) is 2.69. The highest BCUT2D eigenvalue weighted by Gasteiger charge is 2.20. The molecule has 0 fully saturated rings. The number of rotatable bonds is 8. The first-order valence-corrected chi connectivity index (χ1v) is 6.48. The Morgan fingerprint density at radius 1 is 1.42 bits per heavy atom. The Hall–Kier alpha value is -1.85. The fraction of sp³-hybridized carbons (Fsp3) is 0.615. The molecule has 0 aliphatic carbocycles. The Morgan fingerprint density at radius 2 is 2.16 bits per heavy atom. The van der Waals surface area contributed by atoms with Crippen LogP contribution in [0.3, 0.4) is 0 Å². The van der Waals surface area contributed by atoms with E-state index in [4.69, 9.17) is 5.11 Å². The van der Waals surface area contributed by atoms with Crippen molar-refractivity contribution in [3.63, 3.8) is 0 Å². The number of carboxylic acids is 1. The maximum Gasteiger partial charge on any atom is 0.326 e. The molecule has 2 N–H and O–H groups in total. The Bertz CT molecular complexity index is 401. The number of nitrogens with one attached hydrogen (secondary N) is 1. The molecular formula is C13H21N3O3. The normalized spacial score (nSPS) is 12.4. The van der Waals surface area contributed by atoms with Crippen LogP contribution in [0.25, 0.3) is 0 Å². The van der Waals surface area contributed by atoms with Gasteiger partial charge in [0.25, 0.3) is 0 Å². The van der Waals surface area contributed by atoms with E-state index in [2.05, 4.69) is 10.4 Å². The Balaban J connectivity index is 2.30. The maximum absolute atomic E-state index is 11.7. The number of carboxylic acid groups (broad SMARTS) is 1. The molecule has 1 unspecified atom stereocenters. The van der Waals surface area contributed by atoms with E-state index in [0.717, 1.165) is 0 Å². The first-order chi connectivity index (χ1) is 8.99. The van der Waals surface area contributed by atoms with Gasteiger partial charge in [0, 0.05) is 25.4 Å². The Kier molecular flexibility index (Phi) is 6.05. The van der Waals surface area contributed by atoms with Gasteiger partial charge >= 0.3 is 5.97 Å². The van der Waals surface area contributed by atoms with E-state index in [0.29, 0.717) is 25.8 Å². The second kappa shape index (κ2) is 7.56. The lowest BCUT2D eigenvalue weighted by atomic mass is 10.0. The number of hydrogen-bond acceptors (Lipinski definition) is 3. The molecule has 19 heavy (non-hydrogen) atoms. The zero-order valence-electron chi connectivity index (χ0n) is 11.4. The highest BCUT2D eigenvalue weighted by molar-refractivity contribution is 5.83. The van der Waals surface area contributed by atoms with E-state index < -0.39 is 12.0 Å². The summed E-state index contributed by atoms with van der Waals surface area (Å²) >= 11 is 0. The molecule has 1 amide bonds. The summed E-state index contributed by atoms with van der Waals surface area (Å²) in [6.45, 7) is 4.52. The molecule has 0 aromatic carbocycles. The summed E-state index contributed by atoms with van der Waals surface area (Å²) in [5.74, 6) is -0.972. The van der Waals surface area contributed by atoms with Gasteiger partial charge in [-0.15, -0.1) is 0 Å². The lowest BCUT2D eigenvalue weighted by Crippen LogP contribution is -2.41. The number of amides is 1. The number of aliphatic carboxylic acids is 1. The van der Waals surface area contributed by atoms with Gasteiger partial charge in [-0.25, -0.2) is 4.79 Å². The predicted octanol–water partition coefficient (Wildman–Crippen LogP) is 1.28. The predicted molar refractivity (Wildman–Crippen MR) is 70.5 cm³/mol. The number of carbonyl (C=O) groups excluding carboxylic acids is 1. The summed E-state index contributed by atoms with van der Waals surface area (Å²) < 4.78 is 1.75. The average molecular weight is 267 g/mol. The second-order valence-corrected chi connectivity index (χ2v) is 4.96. The van der Waals surface area contributed by atoms with Crippen molar-refractivity contribution < 1.29 is 14.7 Å². The van der Waals surface area contributed by atoms with Gasteiger partial charge in [-0.3, -0.25) is 9.48 Å². The van der Waals surface area contributed by atoms with Crippen LogP contribution in [0.15, 0.2) is 18.5 Å². The first-order valence-electron chi connectivity index (χ1n) is 6.48. The van der Waals surface area contributed by atoms with Gasteiger partial charge < -0.3 is 10.4 Å². The van der Waals surface area contributed by atoms with Crippen LogP contribution >= 0.6 is 0 Å². The number of hydrogen-bond donors (Lipinski definition) is 2. The minimum absolute atomic E-state index is 0.222. The van der Waals surface area contributed by atoms with Gasteiger partial charge in [0.2, 0.25) is 5.91 Å². The number of nitrogens with zero attached hydrogens (tertiary/aromatic N) is 2. The molecule has 0 spiro atoms. The molecule has 1 aromatic rings. The van der Waals surface area contributed by atoms with Crippen molar-refractivity contribution in [2.24, 2.45) is 5.92 Å². The standard InChI is InChI=1S/C13H21N3O3/c1-10(2)9-11(13(18)19)15-12(17)5-3-7-16-8-4-6-14-16/h4,6,8,10-11H,3,5,7,9H2,1-2H3,(H,15,17)(H,18,19). The molecule has 106 valence electrons. The SMILES string of the molecule is CC(C)CC(NC(=O)CCCn1cccn1)C(=O)O. The van der Waals surface area contributed by atoms with Gasteiger partial charge in [-0.2, -0.15) is 5.10 Å². The lowest BCUT2D eigenvalue weighted by Gasteiger charge is -2.16. The molecule has 1 atom stereocenters. The fourth-order valence-corrected chi connectivity index (χ4v) is 1.79. The molecule has 0 saturated carbocycles. The lowest BCUT2D eigenvalue weighted by molar-refractivity contribution is -0.142. The van der Waals surface area contributed by atoms with Gasteiger partial charge in [-0.1, -0.05) is 13.8 Å². The zero-order valence-corrected chi connectivity index (χ0v) is 11.4. The zero-order chi connectivity index (χ0) is 14.3. The third kappa shape index (κ3) is 6.03. The van der Waals surface area contributed by atoms with Crippen molar-refractivity contribution in [2.75, 3.05) is 0 Å². The van der Waals surface area contributed by atoms with E-state index >= 15 is 0 Å². The highest BCUT2D eigenvalue weighted by atomic mass is 16.4. The van der Waals surface area contributed by atoms with Crippen molar-refractivity contribution >= 4 is 11.9 Å². The summed E-state index contributed by atoms with van der Waals surface area (Å²) in [5.41, 5.74) is 0. The molecule has 0 radical (unpaired) electrons. The molecule has 1 heterocycles. The highest BCUT2D eigenvalue weighted by Crippen LogP contribution is 2.05. The van der Waals surface area contributed by atoms with Crippen molar-refractivity contribution in [1.82, 2.24) is 15.1 Å². The molecule has 6 nitrogen and oxygen atoms in total. The third-order valence-corrected chi connectivity index (χ3v) is 2.69. The van der Waals surface area contributed by atoms with Crippen LogP contribution in [0, 0.1) is 5.92 Å². The molecular weight excluding hydrogens is 246 g/mol. The number of aryl methyl sites for hydroxylation is 1. The summed E-state index contributed by atoms with van der Waals surface area (Å²) in [6, 6.07) is 1.03. The van der Waals surface area contributed by atoms with Gasteiger partial charge in [0.05, 0.1) is 0 Å². The van der Waals surface area contributed by atoms with Crippen molar-refractivity contribution in [2.45, 2.75) is 45.7 Å². The number of carbonyl (C=O) groups is 2. The van der Waals surface area contributed by atoms with E-state index in [1.54, 1.807) is 10.9 Å². The summed E-state index contributed by atoms with van der Waals surface area (Å²) in [5, 5.41) is 15.6. The quantitative estimate of drug-likeness (QED) is 0.743. The molecule has 1 rings (SSSR count). The van der Waals surface area contributed by atoms with Crippen molar-refractivity contribution in [3.8, 4) is 0 Å². The van der Waals surface area contributed by atoms with Crippen LogP contribution in [-0.4, -0.2) is 32.8 Å². The van der Waals surface area contributed by atoms with E-state index in [9.17, 15) is 9.59 Å². The largest absolute Gasteiger partial charge is 0.480 e. The monoisotopic (exact) mass is 267 g/mol. The molecule has 0 aliphatic rings. The maximum atomic E-state index is 11.7. The first kappa shape index (κ1) is 15.2. The summed E-state index contributed by atoms with van der Waals surface area (Å²) in [7, 11) is 0. The van der Waals surface area contributed by atoms with Crippen molar-refractivity contribution in [1.29, 1.82) is 0 Å².